The summed E-state index contributed by atoms with van der Waals surface area (Å²) in [6.45, 7) is 1.75. The lowest BCUT2D eigenvalue weighted by atomic mass is 9.96. The summed E-state index contributed by atoms with van der Waals surface area (Å²) in [5.74, 6) is 0.983. The van der Waals surface area contributed by atoms with Crippen molar-refractivity contribution in [1.82, 2.24) is 15.2 Å². The Morgan fingerprint density at radius 2 is 2.00 bits per heavy atom. The van der Waals surface area contributed by atoms with Gasteiger partial charge in [-0.2, -0.15) is 0 Å². The van der Waals surface area contributed by atoms with E-state index in [1.54, 1.807) is 6.07 Å². The molecule has 1 fully saturated rings. The average molecular weight is 383 g/mol. The van der Waals surface area contributed by atoms with Crippen molar-refractivity contribution in [3.05, 3.63) is 52.5 Å². The second kappa shape index (κ2) is 7.92. The van der Waals surface area contributed by atoms with Crippen LogP contribution in [0.3, 0.4) is 0 Å². The van der Waals surface area contributed by atoms with E-state index in [1.165, 1.54) is 11.3 Å². The van der Waals surface area contributed by atoms with Crippen molar-refractivity contribution in [3.8, 4) is 0 Å². The molecule has 0 radical (unpaired) electrons. The normalized spacial score (nSPS) is 15.2. The van der Waals surface area contributed by atoms with E-state index in [0.717, 1.165) is 29.8 Å². The number of fused-ring (bicyclic) bond motifs is 1. The quantitative estimate of drug-likeness (QED) is 0.733. The van der Waals surface area contributed by atoms with Crippen LogP contribution < -0.4 is 5.32 Å². The third-order valence-corrected chi connectivity index (χ3v) is 5.75. The first-order valence-corrected chi connectivity index (χ1v) is 10.0. The van der Waals surface area contributed by atoms with E-state index in [1.807, 2.05) is 40.6 Å². The van der Waals surface area contributed by atoms with Gasteiger partial charge in [0, 0.05) is 32.0 Å². The first kappa shape index (κ1) is 17.7. The summed E-state index contributed by atoms with van der Waals surface area (Å²) < 4.78 is 5.87. The van der Waals surface area contributed by atoms with Crippen molar-refractivity contribution in [2.75, 3.05) is 19.6 Å². The van der Waals surface area contributed by atoms with Crippen LogP contribution in [0.2, 0.25) is 0 Å². The molecule has 0 saturated carbocycles. The van der Waals surface area contributed by atoms with Crippen molar-refractivity contribution in [3.63, 3.8) is 0 Å². The van der Waals surface area contributed by atoms with Gasteiger partial charge in [-0.15, -0.1) is 11.3 Å². The van der Waals surface area contributed by atoms with Gasteiger partial charge in [-0.3, -0.25) is 9.59 Å². The number of thiophene rings is 1. The van der Waals surface area contributed by atoms with Gasteiger partial charge in [0.25, 0.3) is 5.91 Å². The van der Waals surface area contributed by atoms with Gasteiger partial charge >= 0.3 is 0 Å². The summed E-state index contributed by atoms with van der Waals surface area (Å²) in [7, 11) is 0. The third kappa shape index (κ3) is 4.03. The van der Waals surface area contributed by atoms with Gasteiger partial charge in [-0.05, 0) is 36.4 Å². The number of oxazole rings is 1. The second-order valence-corrected chi connectivity index (χ2v) is 7.61. The number of hydrogen-bond donors (Lipinski definition) is 1. The van der Waals surface area contributed by atoms with E-state index in [-0.39, 0.29) is 17.7 Å². The zero-order chi connectivity index (χ0) is 18.6. The van der Waals surface area contributed by atoms with Crippen LogP contribution >= 0.6 is 11.3 Å². The van der Waals surface area contributed by atoms with Crippen molar-refractivity contribution >= 4 is 34.3 Å². The zero-order valence-corrected chi connectivity index (χ0v) is 15.7. The molecule has 3 aromatic rings. The van der Waals surface area contributed by atoms with Crippen molar-refractivity contribution in [2.24, 2.45) is 0 Å². The molecule has 1 N–H and O–H groups in total. The Labute approximate surface area is 161 Å². The fourth-order valence-electron chi connectivity index (χ4n) is 3.38. The molecule has 6 nitrogen and oxygen atoms in total. The number of amides is 2. The minimum atomic E-state index is -0.118. The average Bonchev–Trinajstić information content (AvgIpc) is 3.37. The Hall–Kier alpha value is -2.67. The van der Waals surface area contributed by atoms with Crippen LogP contribution in [0.4, 0.5) is 0 Å². The molecule has 0 atom stereocenters. The first-order valence-electron chi connectivity index (χ1n) is 9.15. The molecule has 1 saturated heterocycles. The highest BCUT2D eigenvalue weighted by molar-refractivity contribution is 7.12. The molecular weight excluding hydrogens is 362 g/mol. The molecule has 4 rings (SSSR count). The smallest absolute Gasteiger partial charge is 0.261 e. The lowest BCUT2D eigenvalue weighted by Crippen LogP contribution is -2.39. The van der Waals surface area contributed by atoms with Crippen molar-refractivity contribution in [1.29, 1.82) is 0 Å². The molecule has 1 aliphatic rings. The molecule has 0 unspecified atom stereocenters. The molecule has 0 spiro atoms. The summed E-state index contributed by atoms with van der Waals surface area (Å²) >= 11 is 1.40. The molecule has 2 aromatic heterocycles. The van der Waals surface area contributed by atoms with Crippen LogP contribution in [0, 0.1) is 0 Å². The molecule has 0 aliphatic carbocycles. The predicted molar refractivity (Wildman–Crippen MR) is 104 cm³/mol. The fraction of sp³-hybridized carbons (Fsp3) is 0.350. The zero-order valence-electron chi connectivity index (χ0n) is 14.9. The molecule has 7 heteroatoms. The van der Waals surface area contributed by atoms with Gasteiger partial charge in [-0.1, -0.05) is 18.2 Å². The van der Waals surface area contributed by atoms with E-state index in [4.69, 9.17) is 4.42 Å². The third-order valence-electron chi connectivity index (χ3n) is 4.88. The molecule has 2 amide bonds. The van der Waals surface area contributed by atoms with E-state index in [9.17, 15) is 9.59 Å². The summed E-state index contributed by atoms with van der Waals surface area (Å²) in [6.07, 6.45) is 2.02. The topological polar surface area (TPSA) is 75.4 Å². The highest BCUT2D eigenvalue weighted by Gasteiger charge is 2.26. The number of nitrogens with one attached hydrogen (secondary N) is 1. The lowest BCUT2D eigenvalue weighted by Gasteiger charge is -2.30. The number of carbonyl (C=O) groups is 2. The largest absolute Gasteiger partial charge is 0.440 e. The highest BCUT2D eigenvalue weighted by Crippen LogP contribution is 2.30. The molecule has 140 valence electrons. The van der Waals surface area contributed by atoms with Crippen LogP contribution in [0.5, 0.6) is 0 Å². The Balaban J connectivity index is 1.25. The predicted octanol–water partition coefficient (Wildman–Crippen LogP) is 3.42. The molecule has 3 heterocycles. The number of para-hydroxylation sites is 2. The number of carbonyl (C=O) groups excluding carboxylic acids is 2. The first-order chi connectivity index (χ1) is 13.2. The van der Waals surface area contributed by atoms with Crippen LogP contribution in [-0.4, -0.2) is 41.3 Å². The SMILES string of the molecule is O=C(NCCC(=O)N1CCC(c2nc3ccccc3o2)CC1)c1cccs1. The lowest BCUT2D eigenvalue weighted by molar-refractivity contribution is -0.132. The van der Waals surface area contributed by atoms with Crippen LogP contribution in [0.15, 0.2) is 46.2 Å². The van der Waals surface area contributed by atoms with Gasteiger partial charge in [0.15, 0.2) is 11.5 Å². The number of nitrogens with zero attached hydrogens (tertiary/aromatic N) is 2. The summed E-state index contributed by atoms with van der Waals surface area (Å²) in [6, 6.07) is 11.4. The Morgan fingerprint density at radius 3 is 2.74 bits per heavy atom. The number of piperidine rings is 1. The maximum Gasteiger partial charge on any atom is 0.261 e. The standard InChI is InChI=1S/C20H21N3O3S/c24-18(7-10-21-19(25)17-6-3-13-27-17)23-11-8-14(9-12-23)20-22-15-4-1-2-5-16(15)26-20/h1-6,13-14H,7-12H2,(H,21,25). The van der Waals surface area contributed by atoms with Crippen LogP contribution in [-0.2, 0) is 4.79 Å². The Bertz CT molecular complexity index is 894. The number of likely N-dealkylation sites (tertiary alicyclic amines) is 1. The Kier molecular flexibility index (Phi) is 5.20. The monoisotopic (exact) mass is 383 g/mol. The van der Waals surface area contributed by atoms with E-state index < -0.39 is 0 Å². The van der Waals surface area contributed by atoms with Gasteiger partial charge in [0.1, 0.15) is 5.52 Å². The minimum Gasteiger partial charge on any atom is -0.440 e. The van der Waals surface area contributed by atoms with Gasteiger partial charge in [0.05, 0.1) is 4.88 Å². The summed E-state index contributed by atoms with van der Waals surface area (Å²) in [5.41, 5.74) is 1.69. The van der Waals surface area contributed by atoms with E-state index in [0.29, 0.717) is 30.9 Å². The molecule has 1 aromatic carbocycles. The van der Waals surface area contributed by atoms with Crippen LogP contribution in [0.25, 0.3) is 11.1 Å². The fourth-order valence-corrected chi connectivity index (χ4v) is 4.02. The maximum absolute atomic E-state index is 12.4. The van der Waals surface area contributed by atoms with Crippen molar-refractivity contribution in [2.45, 2.75) is 25.2 Å². The number of aromatic nitrogens is 1. The van der Waals surface area contributed by atoms with E-state index >= 15 is 0 Å². The molecule has 1 aliphatic heterocycles. The van der Waals surface area contributed by atoms with Crippen molar-refractivity contribution < 1.29 is 14.0 Å². The number of hydrogen-bond acceptors (Lipinski definition) is 5. The Morgan fingerprint density at radius 1 is 1.19 bits per heavy atom. The molecule has 0 bridgehead atoms. The minimum absolute atomic E-state index is 0.0810. The number of benzene rings is 1. The summed E-state index contributed by atoms with van der Waals surface area (Å²) in [4.78, 5) is 31.4. The number of rotatable bonds is 5. The van der Waals surface area contributed by atoms with E-state index in [2.05, 4.69) is 10.3 Å². The summed E-state index contributed by atoms with van der Waals surface area (Å²) in [5, 5.41) is 4.67. The van der Waals surface area contributed by atoms with Gasteiger partial charge in [0.2, 0.25) is 5.91 Å². The molecular formula is C20H21N3O3S. The van der Waals surface area contributed by atoms with Crippen LogP contribution in [0.1, 0.15) is 40.7 Å². The second-order valence-electron chi connectivity index (χ2n) is 6.66. The maximum atomic E-state index is 12.4. The van der Waals surface area contributed by atoms with Gasteiger partial charge < -0.3 is 14.6 Å². The molecule has 27 heavy (non-hydrogen) atoms. The highest BCUT2D eigenvalue weighted by atomic mass is 32.1. The van der Waals surface area contributed by atoms with Gasteiger partial charge in [-0.25, -0.2) is 4.98 Å².